The van der Waals surface area contributed by atoms with Crippen LogP contribution in [0.3, 0.4) is 0 Å². The third-order valence-corrected chi connectivity index (χ3v) is 8.20. The van der Waals surface area contributed by atoms with Crippen LogP contribution in [0.5, 0.6) is 0 Å². The van der Waals surface area contributed by atoms with Crippen molar-refractivity contribution in [2.45, 2.75) is 17.5 Å². The zero-order chi connectivity index (χ0) is 23.0. The summed E-state index contributed by atoms with van der Waals surface area (Å²) in [7, 11) is 0.347. The summed E-state index contributed by atoms with van der Waals surface area (Å²) in [5.41, 5.74) is 4.81. The summed E-state index contributed by atoms with van der Waals surface area (Å²) < 4.78 is 31.3. The van der Waals surface area contributed by atoms with Gasteiger partial charge < -0.3 is 9.55 Å². The van der Waals surface area contributed by atoms with Crippen molar-refractivity contribution in [2.75, 3.05) is 13.6 Å². The fourth-order valence-corrected chi connectivity index (χ4v) is 6.01. The van der Waals surface area contributed by atoms with Gasteiger partial charge >= 0.3 is 0 Å². The molecule has 0 aliphatic heterocycles. The summed E-state index contributed by atoms with van der Waals surface area (Å²) in [6, 6.07) is 15.1. The minimum absolute atomic E-state index is 0.165. The number of rotatable bonds is 8. The van der Waals surface area contributed by atoms with Gasteiger partial charge in [-0.2, -0.15) is 0 Å². The number of aryl methyl sites for hydroxylation is 1. The van der Waals surface area contributed by atoms with Gasteiger partial charge in [-0.15, -0.1) is 11.3 Å². The number of para-hydroxylation sites is 1. The highest BCUT2D eigenvalue weighted by molar-refractivity contribution is 7.89. The SMILES string of the molecule is CN(Cc1cncs1)C(CNS(=O)(=O)c1ccc2cc[nH]c2c1)c1cn(C)c2ccccc12. The lowest BCUT2D eigenvalue weighted by Crippen LogP contribution is -2.36. The van der Waals surface area contributed by atoms with Crippen molar-refractivity contribution >= 4 is 43.2 Å². The van der Waals surface area contributed by atoms with E-state index in [9.17, 15) is 8.42 Å². The van der Waals surface area contributed by atoms with Gasteiger partial charge in [0.2, 0.25) is 10.0 Å². The number of nitrogens with one attached hydrogen (secondary N) is 2. The number of hydrogen-bond acceptors (Lipinski definition) is 5. The number of hydrogen-bond donors (Lipinski definition) is 2. The van der Waals surface area contributed by atoms with Gasteiger partial charge in [-0.3, -0.25) is 9.88 Å². The minimum atomic E-state index is -3.69. The monoisotopic (exact) mass is 479 g/mol. The van der Waals surface area contributed by atoms with Gasteiger partial charge in [0, 0.05) is 60.0 Å². The smallest absolute Gasteiger partial charge is 0.240 e. The average molecular weight is 480 g/mol. The van der Waals surface area contributed by atoms with Crippen molar-refractivity contribution in [1.29, 1.82) is 0 Å². The van der Waals surface area contributed by atoms with Gasteiger partial charge in [0.1, 0.15) is 0 Å². The second-order valence-corrected chi connectivity index (χ2v) is 10.9. The number of aromatic nitrogens is 3. The number of thiazole rings is 1. The zero-order valence-corrected chi connectivity index (χ0v) is 20.0. The van der Waals surface area contributed by atoms with Crippen LogP contribution in [0.2, 0.25) is 0 Å². The fraction of sp³-hybridized carbons (Fsp3) is 0.208. The molecule has 5 aromatic rings. The van der Waals surface area contributed by atoms with Gasteiger partial charge in [0.05, 0.1) is 16.4 Å². The summed E-state index contributed by atoms with van der Waals surface area (Å²) >= 11 is 1.60. The number of fused-ring (bicyclic) bond motifs is 2. The van der Waals surface area contributed by atoms with E-state index in [-0.39, 0.29) is 17.5 Å². The first-order valence-corrected chi connectivity index (χ1v) is 13.0. The van der Waals surface area contributed by atoms with Gasteiger partial charge in [-0.05, 0) is 42.3 Å². The molecule has 0 fully saturated rings. The van der Waals surface area contributed by atoms with Crippen LogP contribution in [0, 0.1) is 0 Å². The minimum Gasteiger partial charge on any atom is -0.361 e. The van der Waals surface area contributed by atoms with E-state index in [1.807, 2.05) is 50.1 Å². The van der Waals surface area contributed by atoms with E-state index in [0.717, 1.165) is 32.2 Å². The molecule has 33 heavy (non-hydrogen) atoms. The summed E-state index contributed by atoms with van der Waals surface area (Å²) in [5.74, 6) is 0. The number of benzene rings is 2. The molecule has 3 heterocycles. The van der Waals surface area contributed by atoms with Crippen LogP contribution in [0.1, 0.15) is 16.5 Å². The van der Waals surface area contributed by atoms with E-state index >= 15 is 0 Å². The second-order valence-electron chi connectivity index (χ2n) is 8.19. The average Bonchev–Trinajstić information content (AvgIpc) is 3.55. The van der Waals surface area contributed by atoms with Crippen LogP contribution in [-0.2, 0) is 23.6 Å². The first-order chi connectivity index (χ1) is 15.9. The molecule has 0 radical (unpaired) electrons. The van der Waals surface area contributed by atoms with Crippen molar-refractivity contribution in [3.05, 3.63) is 83.1 Å². The summed E-state index contributed by atoms with van der Waals surface area (Å²) in [6.45, 7) is 0.920. The molecule has 9 heteroatoms. The number of sulfonamides is 1. The van der Waals surface area contributed by atoms with E-state index in [2.05, 4.69) is 42.5 Å². The summed E-state index contributed by atoms with van der Waals surface area (Å²) in [5, 5.41) is 2.10. The van der Waals surface area contributed by atoms with Crippen molar-refractivity contribution in [3.63, 3.8) is 0 Å². The topological polar surface area (TPSA) is 83.0 Å². The second kappa shape index (κ2) is 8.75. The maximum Gasteiger partial charge on any atom is 0.240 e. The maximum atomic E-state index is 13.2. The van der Waals surface area contributed by atoms with Crippen LogP contribution in [0.15, 0.2) is 77.5 Å². The first-order valence-electron chi connectivity index (χ1n) is 10.6. The molecular formula is C24H25N5O2S2. The molecule has 7 nitrogen and oxygen atoms in total. The zero-order valence-electron chi connectivity index (χ0n) is 18.4. The van der Waals surface area contributed by atoms with Crippen molar-refractivity contribution < 1.29 is 8.42 Å². The normalized spacial score (nSPS) is 13.3. The molecule has 3 aromatic heterocycles. The molecule has 0 aliphatic rings. The van der Waals surface area contributed by atoms with E-state index in [1.54, 1.807) is 29.7 Å². The Bertz CT molecular complexity index is 1500. The van der Waals surface area contributed by atoms with Crippen molar-refractivity contribution in [2.24, 2.45) is 7.05 Å². The van der Waals surface area contributed by atoms with Crippen LogP contribution >= 0.6 is 11.3 Å². The highest BCUT2D eigenvalue weighted by Crippen LogP contribution is 2.30. The first kappa shape index (κ1) is 21.8. The van der Waals surface area contributed by atoms with Gasteiger partial charge in [-0.25, -0.2) is 13.1 Å². The molecule has 0 saturated carbocycles. The van der Waals surface area contributed by atoms with Crippen LogP contribution < -0.4 is 4.72 Å². The number of nitrogens with zero attached hydrogens (tertiary/aromatic N) is 3. The largest absolute Gasteiger partial charge is 0.361 e. The molecule has 0 saturated heterocycles. The molecule has 0 spiro atoms. The van der Waals surface area contributed by atoms with Crippen LogP contribution in [-0.4, -0.2) is 41.4 Å². The fourth-order valence-electron chi connectivity index (χ4n) is 4.28. The third-order valence-electron chi connectivity index (χ3n) is 6.01. The highest BCUT2D eigenvalue weighted by Gasteiger charge is 2.25. The Labute approximate surface area is 196 Å². The molecule has 5 rings (SSSR count). The van der Waals surface area contributed by atoms with E-state index < -0.39 is 10.0 Å². The van der Waals surface area contributed by atoms with Gasteiger partial charge in [0.25, 0.3) is 0 Å². The third kappa shape index (κ3) is 4.32. The molecule has 0 amide bonds. The van der Waals surface area contributed by atoms with E-state index in [0.29, 0.717) is 6.54 Å². The lowest BCUT2D eigenvalue weighted by molar-refractivity contribution is 0.240. The Kier molecular flexibility index (Phi) is 5.79. The molecule has 2 aromatic carbocycles. The molecule has 0 bridgehead atoms. The summed E-state index contributed by atoms with van der Waals surface area (Å²) in [6.07, 6.45) is 5.76. The van der Waals surface area contributed by atoms with Crippen molar-refractivity contribution in [3.8, 4) is 0 Å². The Morgan fingerprint density at radius 3 is 2.88 bits per heavy atom. The lowest BCUT2D eigenvalue weighted by atomic mass is 10.0. The van der Waals surface area contributed by atoms with E-state index in [4.69, 9.17) is 0 Å². The quantitative estimate of drug-likeness (QED) is 0.348. The maximum absolute atomic E-state index is 13.2. The standard InChI is InChI=1S/C24H25N5O2S2/c1-28(14-18-12-25-16-32-18)24(21-15-29(2)23-6-4-3-5-20(21)23)13-27-33(30,31)19-8-7-17-9-10-26-22(17)11-19/h3-12,15-16,24,26-27H,13-14H2,1-2H3. The highest BCUT2D eigenvalue weighted by atomic mass is 32.2. The van der Waals surface area contributed by atoms with Gasteiger partial charge in [-0.1, -0.05) is 24.3 Å². The molecule has 2 N–H and O–H groups in total. The Hall–Kier alpha value is -2.98. The number of aromatic amines is 1. The van der Waals surface area contributed by atoms with Crippen LogP contribution in [0.25, 0.3) is 21.8 Å². The van der Waals surface area contributed by atoms with Crippen LogP contribution in [0.4, 0.5) is 0 Å². The lowest BCUT2D eigenvalue weighted by Gasteiger charge is -2.28. The molecule has 170 valence electrons. The van der Waals surface area contributed by atoms with Gasteiger partial charge in [0.15, 0.2) is 0 Å². The molecule has 1 unspecified atom stereocenters. The molecule has 1 atom stereocenters. The predicted molar refractivity (Wildman–Crippen MR) is 133 cm³/mol. The molecule has 0 aliphatic carbocycles. The summed E-state index contributed by atoms with van der Waals surface area (Å²) in [4.78, 5) is 10.8. The van der Waals surface area contributed by atoms with E-state index in [1.165, 1.54) is 0 Å². The number of H-pyrrole nitrogens is 1. The predicted octanol–water partition coefficient (Wildman–Crippen LogP) is 4.27. The molecular weight excluding hydrogens is 454 g/mol. The Morgan fingerprint density at radius 1 is 1.21 bits per heavy atom. The van der Waals surface area contributed by atoms with Crippen molar-refractivity contribution in [1.82, 2.24) is 24.2 Å². The Balaban J connectivity index is 1.47. The number of likely N-dealkylation sites (N-methyl/N-ethyl adjacent to an activating group) is 1. The Morgan fingerprint density at radius 2 is 2.06 bits per heavy atom.